The number of phenols is 1. The van der Waals surface area contributed by atoms with E-state index in [9.17, 15) is 9.90 Å². The normalized spacial score (nSPS) is 14.8. The first-order valence-corrected chi connectivity index (χ1v) is 4.17. The summed E-state index contributed by atoms with van der Waals surface area (Å²) in [5.41, 5.74) is 5.31. The van der Waals surface area contributed by atoms with E-state index in [0.29, 0.717) is 5.56 Å². The van der Waals surface area contributed by atoms with Crippen LogP contribution in [-0.4, -0.2) is 16.2 Å². The largest absolute Gasteiger partial charge is 0.508 e. The van der Waals surface area contributed by atoms with Crippen molar-refractivity contribution in [2.45, 2.75) is 19.4 Å². The molecule has 0 saturated carbocycles. The van der Waals surface area contributed by atoms with Gasteiger partial charge in [0, 0.05) is 0 Å². The molecule has 0 bridgehead atoms. The van der Waals surface area contributed by atoms with E-state index in [4.69, 9.17) is 10.8 Å². The maximum Gasteiger partial charge on any atom is 0.328 e. The van der Waals surface area contributed by atoms with Crippen molar-refractivity contribution in [3.05, 3.63) is 29.3 Å². The van der Waals surface area contributed by atoms with Crippen LogP contribution in [-0.2, 0) is 10.3 Å². The molecule has 76 valence electrons. The number of aliphatic carboxylic acids is 1. The van der Waals surface area contributed by atoms with Gasteiger partial charge < -0.3 is 15.9 Å². The molecule has 0 spiro atoms. The first-order valence-electron chi connectivity index (χ1n) is 4.17. The third-order valence-electron chi connectivity index (χ3n) is 2.11. The highest BCUT2D eigenvalue weighted by Gasteiger charge is 2.30. The molecule has 0 aliphatic heterocycles. The van der Waals surface area contributed by atoms with Gasteiger partial charge in [-0.25, -0.2) is 4.79 Å². The Hall–Kier alpha value is -1.55. The van der Waals surface area contributed by atoms with Crippen molar-refractivity contribution >= 4 is 5.97 Å². The quantitative estimate of drug-likeness (QED) is 0.656. The van der Waals surface area contributed by atoms with Crippen molar-refractivity contribution in [1.82, 2.24) is 0 Å². The first-order chi connectivity index (χ1) is 6.34. The maximum atomic E-state index is 10.8. The topological polar surface area (TPSA) is 83.5 Å². The highest BCUT2D eigenvalue weighted by Crippen LogP contribution is 2.23. The number of hydrogen-bond donors (Lipinski definition) is 3. The van der Waals surface area contributed by atoms with E-state index in [1.807, 2.05) is 0 Å². The Labute approximate surface area is 82.0 Å². The van der Waals surface area contributed by atoms with Gasteiger partial charge in [0.2, 0.25) is 0 Å². The van der Waals surface area contributed by atoms with E-state index in [1.165, 1.54) is 13.0 Å². The number of hydrogen-bond acceptors (Lipinski definition) is 3. The molecule has 0 radical (unpaired) electrons. The summed E-state index contributed by atoms with van der Waals surface area (Å²) in [6.07, 6.45) is 0. The van der Waals surface area contributed by atoms with E-state index in [1.54, 1.807) is 19.1 Å². The molecular formula is C10H13NO3. The van der Waals surface area contributed by atoms with E-state index in [0.717, 1.165) is 5.56 Å². The van der Waals surface area contributed by atoms with Gasteiger partial charge in [-0.05, 0) is 37.1 Å². The molecule has 0 aliphatic carbocycles. The van der Waals surface area contributed by atoms with Gasteiger partial charge in [-0.3, -0.25) is 0 Å². The predicted octanol–water partition coefficient (Wildman–Crippen LogP) is 0.959. The maximum absolute atomic E-state index is 10.8. The Bertz CT molecular complexity index is 351. The monoisotopic (exact) mass is 195 g/mol. The molecule has 4 heteroatoms. The minimum absolute atomic E-state index is 0.0259. The number of carboxylic acid groups (broad SMARTS) is 1. The lowest BCUT2D eigenvalue weighted by Crippen LogP contribution is -2.41. The van der Waals surface area contributed by atoms with Crippen LogP contribution in [0.1, 0.15) is 18.1 Å². The Balaban J connectivity index is 3.25. The van der Waals surface area contributed by atoms with Crippen LogP contribution >= 0.6 is 0 Å². The van der Waals surface area contributed by atoms with Crippen LogP contribution in [0.5, 0.6) is 5.75 Å². The van der Waals surface area contributed by atoms with Crippen molar-refractivity contribution in [3.63, 3.8) is 0 Å². The lowest BCUT2D eigenvalue weighted by atomic mass is 9.92. The minimum Gasteiger partial charge on any atom is -0.508 e. The van der Waals surface area contributed by atoms with E-state index >= 15 is 0 Å². The van der Waals surface area contributed by atoms with Crippen LogP contribution in [0.2, 0.25) is 0 Å². The number of aryl methyl sites for hydroxylation is 1. The Kier molecular flexibility index (Phi) is 2.49. The van der Waals surface area contributed by atoms with Gasteiger partial charge >= 0.3 is 5.97 Å². The fourth-order valence-corrected chi connectivity index (χ4v) is 1.19. The summed E-state index contributed by atoms with van der Waals surface area (Å²) in [5, 5.41) is 18.2. The molecule has 1 aromatic rings. The average Bonchev–Trinajstić information content (AvgIpc) is 2.01. The number of benzene rings is 1. The Morgan fingerprint density at radius 2 is 2.00 bits per heavy atom. The van der Waals surface area contributed by atoms with Gasteiger partial charge in [-0.1, -0.05) is 6.07 Å². The van der Waals surface area contributed by atoms with E-state index < -0.39 is 11.5 Å². The summed E-state index contributed by atoms with van der Waals surface area (Å²) in [4.78, 5) is 10.8. The van der Waals surface area contributed by atoms with E-state index in [2.05, 4.69) is 0 Å². The summed E-state index contributed by atoms with van der Waals surface area (Å²) in [6, 6.07) is 4.55. The molecule has 4 nitrogen and oxygen atoms in total. The summed E-state index contributed by atoms with van der Waals surface area (Å²) < 4.78 is 0. The zero-order valence-electron chi connectivity index (χ0n) is 8.11. The van der Waals surface area contributed by atoms with Gasteiger partial charge in [0.1, 0.15) is 11.3 Å². The standard InChI is InChI=1S/C10H13NO3/c1-6-3-7(5-8(12)4-6)10(2,11)9(13)14/h3-5,12H,11H2,1-2H3,(H,13,14)/t10-/m0/s1. The van der Waals surface area contributed by atoms with Crippen LogP contribution in [0.25, 0.3) is 0 Å². The van der Waals surface area contributed by atoms with Crippen LogP contribution < -0.4 is 5.73 Å². The van der Waals surface area contributed by atoms with Crippen LogP contribution in [0.3, 0.4) is 0 Å². The van der Waals surface area contributed by atoms with E-state index in [-0.39, 0.29) is 5.75 Å². The van der Waals surface area contributed by atoms with Gasteiger partial charge in [0.05, 0.1) is 0 Å². The summed E-state index contributed by atoms with van der Waals surface area (Å²) in [6.45, 7) is 3.16. The summed E-state index contributed by atoms with van der Waals surface area (Å²) in [5.74, 6) is -1.10. The molecule has 1 atom stereocenters. The number of carboxylic acids is 1. The molecule has 0 aromatic heterocycles. The van der Waals surface area contributed by atoms with Crippen LogP contribution in [0, 0.1) is 6.92 Å². The zero-order valence-corrected chi connectivity index (χ0v) is 8.11. The second-order valence-electron chi connectivity index (χ2n) is 3.56. The van der Waals surface area contributed by atoms with Gasteiger partial charge in [0.25, 0.3) is 0 Å². The van der Waals surface area contributed by atoms with Crippen LogP contribution in [0.15, 0.2) is 18.2 Å². The van der Waals surface area contributed by atoms with Crippen molar-refractivity contribution < 1.29 is 15.0 Å². The summed E-state index contributed by atoms with van der Waals surface area (Å²) in [7, 11) is 0. The van der Waals surface area contributed by atoms with Crippen molar-refractivity contribution in [1.29, 1.82) is 0 Å². The Morgan fingerprint density at radius 1 is 1.43 bits per heavy atom. The number of nitrogens with two attached hydrogens (primary N) is 1. The average molecular weight is 195 g/mol. The molecule has 0 heterocycles. The molecule has 1 rings (SSSR count). The molecule has 4 N–H and O–H groups in total. The number of phenolic OH excluding ortho intramolecular Hbond substituents is 1. The second-order valence-corrected chi connectivity index (χ2v) is 3.56. The molecule has 0 aliphatic rings. The lowest BCUT2D eigenvalue weighted by molar-refractivity contribution is -0.143. The van der Waals surface area contributed by atoms with Gasteiger partial charge in [-0.15, -0.1) is 0 Å². The van der Waals surface area contributed by atoms with Crippen LogP contribution in [0.4, 0.5) is 0 Å². The number of carbonyl (C=O) groups is 1. The highest BCUT2D eigenvalue weighted by atomic mass is 16.4. The minimum atomic E-state index is -1.47. The second kappa shape index (κ2) is 3.31. The predicted molar refractivity (Wildman–Crippen MR) is 52.0 cm³/mol. The Morgan fingerprint density at radius 3 is 2.43 bits per heavy atom. The third kappa shape index (κ3) is 1.85. The molecule has 0 amide bonds. The zero-order chi connectivity index (χ0) is 10.9. The van der Waals surface area contributed by atoms with Crippen molar-refractivity contribution in [3.8, 4) is 5.75 Å². The van der Waals surface area contributed by atoms with Gasteiger partial charge in [-0.2, -0.15) is 0 Å². The molecule has 0 fully saturated rings. The molecule has 0 unspecified atom stereocenters. The molecular weight excluding hydrogens is 182 g/mol. The highest BCUT2D eigenvalue weighted by molar-refractivity contribution is 5.80. The fourth-order valence-electron chi connectivity index (χ4n) is 1.19. The fraction of sp³-hybridized carbons (Fsp3) is 0.300. The van der Waals surface area contributed by atoms with Crippen molar-refractivity contribution in [2.75, 3.05) is 0 Å². The number of aromatic hydroxyl groups is 1. The first kappa shape index (κ1) is 10.5. The molecule has 14 heavy (non-hydrogen) atoms. The molecule has 1 aromatic carbocycles. The summed E-state index contributed by atoms with van der Waals surface area (Å²) >= 11 is 0. The molecule has 0 saturated heterocycles. The third-order valence-corrected chi connectivity index (χ3v) is 2.11. The van der Waals surface area contributed by atoms with Gasteiger partial charge in [0.15, 0.2) is 0 Å². The number of rotatable bonds is 2. The lowest BCUT2D eigenvalue weighted by Gasteiger charge is -2.20. The SMILES string of the molecule is Cc1cc(O)cc([C@](C)(N)C(=O)O)c1. The van der Waals surface area contributed by atoms with Crippen molar-refractivity contribution in [2.24, 2.45) is 5.73 Å². The smallest absolute Gasteiger partial charge is 0.328 e.